The predicted molar refractivity (Wildman–Crippen MR) is 101 cm³/mol. The minimum atomic E-state index is -0.237. The van der Waals surface area contributed by atoms with Gasteiger partial charge in [0, 0.05) is 26.3 Å². The maximum Gasteiger partial charge on any atom is 0.310 e. The van der Waals surface area contributed by atoms with Crippen LogP contribution < -0.4 is 10.6 Å². The molecule has 1 unspecified atom stereocenters. The van der Waals surface area contributed by atoms with E-state index in [4.69, 9.17) is 4.74 Å². The number of hydrogen-bond acceptors (Lipinski definition) is 4. The van der Waals surface area contributed by atoms with Crippen LogP contribution >= 0.6 is 24.0 Å². The van der Waals surface area contributed by atoms with Crippen LogP contribution in [0.5, 0.6) is 0 Å². The maximum absolute atomic E-state index is 11.3. The first-order valence-corrected chi connectivity index (χ1v) is 7.83. The number of hydrogen-bond donors (Lipinski definition) is 2. The Balaban J connectivity index is 0. The topological polar surface area (TPSA) is 72.0 Å². The number of carbonyl (C=O) groups excluding carboxylic acids is 1. The Morgan fingerprint density at radius 3 is 2.45 bits per heavy atom. The zero-order valence-electron chi connectivity index (χ0n) is 14.3. The van der Waals surface area contributed by atoms with Crippen LogP contribution in [0.4, 0.5) is 0 Å². The van der Waals surface area contributed by atoms with Crippen LogP contribution in [0, 0.1) is 5.92 Å². The van der Waals surface area contributed by atoms with Crippen LogP contribution in [0.2, 0.25) is 0 Å². The highest BCUT2D eigenvalue weighted by atomic mass is 127. The second kappa shape index (κ2) is 16.8. The fourth-order valence-electron chi connectivity index (χ4n) is 1.58. The van der Waals surface area contributed by atoms with Gasteiger partial charge in [0.05, 0.1) is 19.6 Å². The SMILES string of the molecule is CCCCOCCCNC(=NCC(C)C(=O)OC)NCC.I. The van der Waals surface area contributed by atoms with E-state index < -0.39 is 0 Å². The Bertz CT molecular complexity index is 302. The fraction of sp³-hybridized carbons (Fsp3) is 0.867. The maximum atomic E-state index is 11.3. The van der Waals surface area contributed by atoms with Gasteiger partial charge in [0.1, 0.15) is 0 Å². The van der Waals surface area contributed by atoms with Gasteiger partial charge in [-0.15, -0.1) is 24.0 Å². The van der Waals surface area contributed by atoms with Gasteiger partial charge in [0.2, 0.25) is 0 Å². The van der Waals surface area contributed by atoms with Gasteiger partial charge in [-0.05, 0) is 19.8 Å². The summed E-state index contributed by atoms with van der Waals surface area (Å²) in [5.41, 5.74) is 0. The Hall–Kier alpha value is -0.570. The molecule has 132 valence electrons. The van der Waals surface area contributed by atoms with Crippen LogP contribution in [-0.4, -0.2) is 51.9 Å². The summed E-state index contributed by atoms with van der Waals surface area (Å²) in [5.74, 6) is 0.253. The molecule has 0 spiro atoms. The molecule has 0 rings (SSSR count). The van der Waals surface area contributed by atoms with Gasteiger partial charge in [0.25, 0.3) is 0 Å². The lowest BCUT2D eigenvalue weighted by Gasteiger charge is -2.12. The first-order chi connectivity index (χ1) is 10.2. The smallest absolute Gasteiger partial charge is 0.310 e. The highest BCUT2D eigenvalue weighted by molar-refractivity contribution is 14.0. The first kappa shape index (κ1) is 23.7. The summed E-state index contributed by atoms with van der Waals surface area (Å²) >= 11 is 0. The number of guanidine groups is 1. The monoisotopic (exact) mass is 429 g/mol. The largest absolute Gasteiger partial charge is 0.469 e. The van der Waals surface area contributed by atoms with Crippen molar-refractivity contribution in [3.8, 4) is 0 Å². The van der Waals surface area contributed by atoms with Crippen molar-refractivity contribution in [2.24, 2.45) is 10.9 Å². The molecule has 0 heterocycles. The molecule has 22 heavy (non-hydrogen) atoms. The van der Waals surface area contributed by atoms with E-state index in [1.54, 1.807) is 6.92 Å². The first-order valence-electron chi connectivity index (χ1n) is 7.83. The molecule has 0 aliphatic rings. The lowest BCUT2D eigenvalue weighted by Crippen LogP contribution is -2.38. The van der Waals surface area contributed by atoms with Gasteiger partial charge < -0.3 is 20.1 Å². The molecule has 0 aliphatic heterocycles. The molecule has 0 aromatic heterocycles. The molecule has 2 N–H and O–H groups in total. The van der Waals surface area contributed by atoms with Gasteiger partial charge in [-0.3, -0.25) is 9.79 Å². The zero-order valence-corrected chi connectivity index (χ0v) is 16.6. The van der Waals surface area contributed by atoms with E-state index in [2.05, 4.69) is 27.3 Å². The quantitative estimate of drug-likeness (QED) is 0.173. The zero-order chi connectivity index (χ0) is 15.9. The summed E-state index contributed by atoms with van der Waals surface area (Å²) in [6.45, 7) is 9.55. The van der Waals surface area contributed by atoms with Crippen LogP contribution in [0.1, 0.15) is 40.0 Å². The highest BCUT2D eigenvalue weighted by Gasteiger charge is 2.12. The number of nitrogens with zero attached hydrogens (tertiary/aromatic N) is 1. The van der Waals surface area contributed by atoms with Crippen LogP contribution in [0.3, 0.4) is 0 Å². The molecular weight excluding hydrogens is 397 g/mol. The number of esters is 1. The van der Waals surface area contributed by atoms with Crippen LogP contribution in [0.15, 0.2) is 4.99 Å². The molecule has 0 fully saturated rings. The van der Waals surface area contributed by atoms with Gasteiger partial charge in [-0.1, -0.05) is 20.3 Å². The second-order valence-electron chi connectivity index (χ2n) is 4.89. The molecule has 0 aromatic rings. The minimum absolute atomic E-state index is 0. The van der Waals surface area contributed by atoms with E-state index in [9.17, 15) is 4.79 Å². The molecule has 0 saturated carbocycles. The number of methoxy groups -OCH3 is 1. The van der Waals surface area contributed by atoms with E-state index in [0.29, 0.717) is 6.54 Å². The summed E-state index contributed by atoms with van der Waals surface area (Å²) in [7, 11) is 1.39. The molecule has 7 heteroatoms. The van der Waals surface area contributed by atoms with Crippen molar-refractivity contribution in [3.63, 3.8) is 0 Å². The van der Waals surface area contributed by atoms with E-state index in [-0.39, 0.29) is 35.9 Å². The van der Waals surface area contributed by atoms with Crippen molar-refractivity contribution in [1.82, 2.24) is 10.6 Å². The molecule has 0 aliphatic carbocycles. The van der Waals surface area contributed by atoms with E-state index in [0.717, 1.165) is 51.5 Å². The third-order valence-electron chi connectivity index (χ3n) is 2.87. The average molecular weight is 429 g/mol. The Labute approximate surface area is 151 Å². The average Bonchev–Trinajstić information content (AvgIpc) is 2.50. The molecule has 0 radical (unpaired) electrons. The third-order valence-corrected chi connectivity index (χ3v) is 2.87. The summed E-state index contributed by atoms with van der Waals surface area (Å²) in [5, 5.41) is 6.38. The number of nitrogens with one attached hydrogen (secondary N) is 2. The van der Waals surface area contributed by atoms with Crippen LogP contribution in [-0.2, 0) is 14.3 Å². The summed E-state index contributed by atoms with van der Waals surface area (Å²) < 4.78 is 10.2. The molecule has 6 nitrogen and oxygen atoms in total. The molecule has 0 amide bonds. The standard InChI is InChI=1S/C15H31N3O3.HI/c1-5-7-10-21-11-8-9-17-15(16-6-2)18-12-13(3)14(19)20-4;/h13H,5-12H2,1-4H3,(H2,16,17,18);1H. The van der Waals surface area contributed by atoms with E-state index in [1.165, 1.54) is 7.11 Å². The Morgan fingerprint density at radius 1 is 1.18 bits per heavy atom. The number of ether oxygens (including phenoxy) is 2. The summed E-state index contributed by atoms with van der Waals surface area (Å²) in [6.07, 6.45) is 3.21. The van der Waals surface area contributed by atoms with Crippen LogP contribution in [0.25, 0.3) is 0 Å². The van der Waals surface area contributed by atoms with E-state index in [1.807, 2.05) is 6.92 Å². The lowest BCUT2D eigenvalue weighted by molar-refractivity contribution is -0.144. The van der Waals surface area contributed by atoms with Crippen molar-refractivity contribution in [1.29, 1.82) is 0 Å². The van der Waals surface area contributed by atoms with Crippen molar-refractivity contribution in [3.05, 3.63) is 0 Å². The normalized spacial score (nSPS) is 12.3. The number of aliphatic imine (C=N–C) groups is 1. The highest BCUT2D eigenvalue weighted by Crippen LogP contribution is 1.98. The Kier molecular flexibility index (Phi) is 18.1. The van der Waals surface area contributed by atoms with Gasteiger partial charge in [-0.2, -0.15) is 0 Å². The number of halogens is 1. The summed E-state index contributed by atoms with van der Waals surface area (Å²) in [6, 6.07) is 0. The number of rotatable bonds is 11. The predicted octanol–water partition coefficient (Wildman–Crippen LogP) is 2.18. The summed E-state index contributed by atoms with van der Waals surface area (Å²) in [4.78, 5) is 15.7. The molecule has 0 bridgehead atoms. The number of carbonyl (C=O) groups is 1. The molecule has 0 saturated heterocycles. The molecule has 0 aromatic carbocycles. The third kappa shape index (κ3) is 13.1. The fourth-order valence-corrected chi connectivity index (χ4v) is 1.58. The Morgan fingerprint density at radius 2 is 1.86 bits per heavy atom. The molecular formula is C15H32IN3O3. The van der Waals surface area contributed by atoms with Crippen molar-refractivity contribution < 1.29 is 14.3 Å². The number of unbranched alkanes of at least 4 members (excludes halogenated alkanes) is 1. The lowest BCUT2D eigenvalue weighted by atomic mass is 10.2. The van der Waals surface area contributed by atoms with Crippen molar-refractivity contribution >= 4 is 35.9 Å². The van der Waals surface area contributed by atoms with Crippen molar-refractivity contribution in [2.75, 3.05) is 40.0 Å². The van der Waals surface area contributed by atoms with Gasteiger partial charge in [0.15, 0.2) is 5.96 Å². The van der Waals surface area contributed by atoms with E-state index >= 15 is 0 Å². The minimum Gasteiger partial charge on any atom is -0.469 e. The van der Waals surface area contributed by atoms with Gasteiger partial charge in [-0.25, -0.2) is 0 Å². The van der Waals surface area contributed by atoms with Gasteiger partial charge >= 0.3 is 5.97 Å². The second-order valence-corrected chi connectivity index (χ2v) is 4.89. The van der Waals surface area contributed by atoms with Crippen molar-refractivity contribution in [2.45, 2.75) is 40.0 Å². The molecule has 1 atom stereocenters.